The van der Waals surface area contributed by atoms with Crippen LogP contribution in [0.1, 0.15) is 53.9 Å². The van der Waals surface area contributed by atoms with E-state index in [0.29, 0.717) is 19.7 Å². The van der Waals surface area contributed by atoms with Gasteiger partial charge in [-0.2, -0.15) is 0 Å². The van der Waals surface area contributed by atoms with Crippen LogP contribution in [0.4, 0.5) is 4.79 Å². The SMILES string of the molecule is COCCCNC(=O)N1Cc2c(sc3c2CCCC3)-n2cccc2[C@H]1C. The molecule has 6 heteroatoms. The third-order valence-electron chi connectivity index (χ3n) is 5.54. The Morgan fingerprint density at radius 1 is 1.35 bits per heavy atom. The number of hydrogen-bond donors (Lipinski definition) is 1. The summed E-state index contributed by atoms with van der Waals surface area (Å²) in [5.74, 6) is 0. The maximum absolute atomic E-state index is 12.9. The summed E-state index contributed by atoms with van der Waals surface area (Å²) in [5, 5.41) is 4.39. The van der Waals surface area contributed by atoms with Crippen molar-refractivity contribution in [2.45, 2.75) is 51.6 Å². The number of nitrogens with one attached hydrogen (secondary N) is 1. The zero-order chi connectivity index (χ0) is 18.1. The monoisotopic (exact) mass is 373 g/mol. The van der Waals surface area contributed by atoms with Gasteiger partial charge in [-0.3, -0.25) is 0 Å². The van der Waals surface area contributed by atoms with E-state index in [1.54, 1.807) is 7.11 Å². The maximum Gasteiger partial charge on any atom is 0.318 e. The number of rotatable bonds is 4. The molecule has 0 unspecified atom stereocenters. The van der Waals surface area contributed by atoms with Crippen molar-refractivity contribution in [2.24, 2.45) is 0 Å². The molecule has 0 bridgehead atoms. The lowest BCUT2D eigenvalue weighted by Gasteiger charge is -2.28. The van der Waals surface area contributed by atoms with Crippen LogP contribution in [0.3, 0.4) is 0 Å². The number of ether oxygens (including phenoxy) is 1. The number of thiophene rings is 1. The summed E-state index contributed by atoms with van der Waals surface area (Å²) in [6.45, 7) is 4.13. The number of urea groups is 1. The van der Waals surface area contributed by atoms with E-state index in [0.717, 1.165) is 12.8 Å². The van der Waals surface area contributed by atoms with Gasteiger partial charge in [0, 0.05) is 42.6 Å². The molecule has 1 N–H and O–H groups in total. The van der Waals surface area contributed by atoms with E-state index in [9.17, 15) is 4.79 Å². The first-order chi connectivity index (χ1) is 12.7. The van der Waals surface area contributed by atoms with E-state index >= 15 is 0 Å². The molecule has 4 rings (SSSR count). The molecule has 0 fully saturated rings. The summed E-state index contributed by atoms with van der Waals surface area (Å²) in [6.07, 6.45) is 7.85. The second-order valence-electron chi connectivity index (χ2n) is 7.18. The lowest BCUT2D eigenvalue weighted by Crippen LogP contribution is -2.41. The second-order valence-corrected chi connectivity index (χ2v) is 8.26. The third-order valence-corrected chi connectivity index (χ3v) is 6.88. The molecular formula is C20H27N3O2S. The van der Waals surface area contributed by atoms with Gasteiger partial charge < -0.3 is 19.5 Å². The first-order valence-corrected chi connectivity index (χ1v) is 10.4. The molecular weight excluding hydrogens is 346 g/mol. The molecule has 1 atom stereocenters. The van der Waals surface area contributed by atoms with E-state index in [1.165, 1.54) is 46.0 Å². The zero-order valence-electron chi connectivity index (χ0n) is 15.6. The van der Waals surface area contributed by atoms with E-state index in [4.69, 9.17) is 4.74 Å². The standard InChI is InChI=1S/C20H27N3O2S/c1-14-17-8-5-11-22(17)19-16(15-7-3-4-9-18(15)26-19)13-23(14)20(24)21-10-6-12-25-2/h5,8,11,14H,3-4,6-7,9-10,12-13H2,1-2H3,(H,21,24)/t14-/m1/s1. The fourth-order valence-electron chi connectivity index (χ4n) is 4.12. The van der Waals surface area contributed by atoms with Gasteiger partial charge in [-0.05, 0) is 56.7 Å². The van der Waals surface area contributed by atoms with Crippen LogP contribution in [0.5, 0.6) is 0 Å². The molecule has 3 heterocycles. The van der Waals surface area contributed by atoms with Crippen molar-refractivity contribution in [3.63, 3.8) is 0 Å². The minimum absolute atomic E-state index is 0.0185. The maximum atomic E-state index is 12.9. The first-order valence-electron chi connectivity index (χ1n) is 9.55. The smallest absolute Gasteiger partial charge is 0.318 e. The van der Waals surface area contributed by atoms with Crippen LogP contribution in [-0.2, 0) is 24.1 Å². The fraction of sp³-hybridized carbons (Fsp3) is 0.550. The lowest BCUT2D eigenvalue weighted by atomic mass is 9.95. The van der Waals surface area contributed by atoms with Gasteiger partial charge in [0.2, 0.25) is 0 Å². The highest BCUT2D eigenvalue weighted by atomic mass is 32.1. The van der Waals surface area contributed by atoms with Gasteiger partial charge in [-0.25, -0.2) is 4.79 Å². The van der Waals surface area contributed by atoms with Gasteiger partial charge in [-0.1, -0.05) is 0 Å². The van der Waals surface area contributed by atoms with E-state index in [-0.39, 0.29) is 12.1 Å². The number of methoxy groups -OCH3 is 1. The Bertz CT molecular complexity index is 795. The van der Waals surface area contributed by atoms with Crippen LogP contribution in [0.25, 0.3) is 5.00 Å². The average Bonchev–Trinajstić information content (AvgIpc) is 3.24. The third kappa shape index (κ3) is 3.05. The van der Waals surface area contributed by atoms with Gasteiger partial charge in [0.15, 0.2) is 0 Å². The average molecular weight is 374 g/mol. The Morgan fingerprint density at radius 3 is 3.04 bits per heavy atom. The summed E-state index contributed by atoms with van der Waals surface area (Å²) in [4.78, 5) is 16.4. The van der Waals surface area contributed by atoms with Crippen molar-refractivity contribution in [3.8, 4) is 5.00 Å². The van der Waals surface area contributed by atoms with E-state index in [2.05, 4.69) is 35.1 Å². The topological polar surface area (TPSA) is 46.5 Å². The number of carbonyl (C=O) groups is 1. The summed E-state index contributed by atoms with van der Waals surface area (Å²) in [6, 6.07) is 4.30. The fourth-order valence-corrected chi connectivity index (χ4v) is 5.53. The molecule has 140 valence electrons. The van der Waals surface area contributed by atoms with Crippen LogP contribution in [0.2, 0.25) is 0 Å². The van der Waals surface area contributed by atoms with Crippen LogP contribution in [-0.4, -0.2) is 35.8 Å². The number of aromatic nitrogens is 1. The highest BCUT2D eigenvalue weighted by Gasteiger charge is 2.32. The molecule has 26 heavy (non-hydrogen) atoms. The molecule has 0 saturated heterocycles. The number of nitrogens with zero attached hydrogens (tertiary/aromatic N) is 2. The molecule has 2 aromatic rings. The van der Waals surface area contributed by atoms with E-state index < -0.39 is 0 Å². The van der Waals surface area contributed by atoms with Crippen molar-refractivity contribution in [2.75, 3.05) is 20.3 Å². The first kappa shape index (κ1) is 17.6. The number of aryl methyl sites for hydroxylation is 1. The normalized spacial score (nSPS) is 18.7. The van der Waals surface area contributed by atoms with Gasteiger partial charge in [-0.15, -0.1) is 11.3 Å². The molecule has 0 spiro atoms. The van der Waals surface area contributed by atoms with Gasteiger partial charge >= 0.3 is 6.03 Å². The zero-order valence-corrected chi connectivity index (χ0v) is 16.4. The molecule has 2 amide bonds. The second kappa shape index (κ2) is 7.45. The predicted molar refractivity (Wildman–Crippen MR) is 104 cm³/mol. The summed E-state index contributed by atoms with van der Waals surface area (Å²) < 4.78 is 7.38. The summed E-state index contributed by atoms with van der Waals surface area (Å²) >= 11 is 1.93. The van der Waals surface area contributed by atoms with Gasteiger partial charge in [0.05, 0.1) is 12.6 Å². The molecule has 0 radical (unpaired) electrons. The Hall–Kier alpha value is -1.79. The van der Waals surface area contributed by atoms with Crippen molar-refractivity contribution >= 4 is 17.4 Å². The van der Waals surface area contributed by atoms with Crippen LogP contribution in [0, 0.1) is 0 Å². The van der Waals surface area contributed by atoms with Gasteiger partial charge in [0.1, 0.15) is 5.00 Å². The minimum Gasteiger partial charge on any atom is -0.385 e. The Kier molecular flexibility index (Phi) is 5.05. The lowest BCUT2D eigenvalue weighted by molar-refractivity contribution is 0.170. The van der Waals surface area contributed by atoms with Crippen LogP contribution >= 0.6 is 11.3 Å². The quantitative estimate of drug-likeness (QED) is 0.822. The summed E-state index contributed by atoms with van der Waals surface area (Å²) in [7, 11) is 1.69. The van der Waals surface area contributed by atoms with Crippen molar-refractivity contribution in [1.82, 2.24) is 14.8 Å². The minimum atomic E-state index is 0.0185. The Labute approximate surface area is 159 Å². The Morgan fingerprint density at radius 2 is 2.19 bits per heavy atom. The molecule has 1 aliphatic carbocycles. The number of fused-ring (bicyclic) bond motifs is 5. The molecule has 5 nitrogen and oxygen atoms in total. The number of amides is 2. The highest BCUT2D eigenvalue weighted by Crippen LogP contribution is 2.42. The van der Waals surface area contributed by atoms with Crippen molar-refractivity contribution < 1.29 is 9.53 Å². The number of carbonyl (C=O) groups excluding carboxylic acids is 1. The number of hydrogen-bond acceptors (Lipinski definition) is 3. The van der Waals surface area contributed by atoms with Crippen molar-refractivity contribution in [1.29, 1.82) is 0 Å². The molecule has 0 saturated carbocycles. The predicted octanol–water partition coefficient (Wildman–Crippen LogP) is 4.04. The van der Waals surface area contributed by atoms with Crippen LogP contribution in [0.15, 0.2) is 18.3 Å². The largest absolute Gasteiger partial charge is 0.385 e. The van der Waals surface area contributed by atoms with Crippen LogP contribution < -0.4 is 5.32 Å². The summed E-state index contributed by atoms with van der Waals surface area (Å²) in [5.41, 5.74) is 4.05. The molecule has 1 aliphatic heterocycles. The highest BCUT2D eigenvalue weighted by molar-refractivity contribution is 7.15. The molecule has 0 aromatic carbocycles. The molecule has 2 aliphatic rings. The van der Waals surface area contributed by atoms with Gasteiger partial charge in [0.25, 0.3) is 0 Å². The Balaban J connectivity index is 1.66. The van der Waals surface area contributed by atoms with Crippen molar-refractivity contribution in [3.05, 3.63) is 40.0 Å². The van der Waals surface area contributed by atoms with E-state index in [1.807, 2.05) is 16.2 Å². The molecule has 2 aromatic heterocycles.